The largest absolute Gasteiger partial charge is 0.508 e. The molecule has 0 fully saturated rings. The maximum absolute atomic E-state index is 11.0. The number of phenols is 3. The van der Waals surface area contributed by atoms with Crippen molar-refractivity contribution in [1.29, 1.82) is 0 Å². The van der Waals surface area contributed by atoms with Crippen LogP contribution in [0.4, 0.5) is 0 Å². The molecule has 0 atom stereocenters. The van der Waals surface area contributed by atoms with Gasteiger partial charge >= 0.3 is 11.9 Å². The normalized spacial score (nSPS) is 10.7. The quantitative estimate of drug-likeness (QED) is 0.373. The van der Waals surface area contributed by atoms with Gasteiger partial charge in [-0.2, -0.15) is 0 Å². The molecule has 0 aromatic heterocycles. The van der Waals surface area contributed by atoms with Crippen LogP contribution in [0.15, 0.2) is 54.6 Å². The number of carboxylic acids is 2. The summed E-state index contributed by atoms with van der Waals surface area (Å²) in [5.41, 5.74) is 3.04. The number of aromatic hydroxyl groups is 3. The summed E-state index contributed by atoms with van der Waals surface area (Å²) >= 11 is 0. The number of aryl methyl sites for hydroxylation is 4. The number of aromatic carboxylic acids is 2. The Hall–Kier alpha value is -4.00. The molecule has 0 saturated carbocycles. The van der Waals surface area contributed by atoms with E-state index in [0.29, 0.717) is 25.7 Å². The summed E-state index contributed by atoms with van der Waals surface area (Å²) in [5, 5.41) is 47.7. The van der Waals surface area contributed by atoms with Crippen molar-refractivity contribution in [3.63, 3.8) is 0 Å². The zero-order valence-corrected chi connectivity index (χ0v) is 16.6. The van der Waals surface area contributed by atoms with E-state index in [1.165, 1.54) is 24.3 Å². The predicted octanol–water partition coefficient (Wildman–Crippen LogP) is 3.77. The molecule has 7 nitrogen and oxygen atoms in total. The summed E-state index contributed by atoms with van der Waals surface area (Å²) in [5.74, 6) is -2.81. The van der Waals surface area contributed by atoms with Crippen molar-refractivity contribution >= 4 is 11.9 Å². The van der Waals surface area contributed by atoms with Crippen molar-refractivity contribution in [3.8, 4) is 17.2 Å². The molecular weight excluding hydrogens is 400 g/mol. The molecule has 0 aliphatic carbocycles. The van der Waals surface area contributed by atoms with Crippen molar-refractivity contribution in [3.05, 3.63) is 88.0 Å². The van der Waals surface area contributed by atoms with Crippen molar-refractivity contribution < 1.29 is 35.1 Å². The van der Waals surface area contributed by atoms with Gasteiger partial charge in [-0.05, 0) is 84.3 Å². The minimum Gasteiger partial charge on any atom is -0.508 e. The van der Waals surface area contributed by atoms with E-state index in [0.717, 1.165) is 22.3 Å². The lowest BCUT2D eigenvalue weighted by molar-refractivity contribution is 0.0682. The topological polar surface area (TPSA) is 135 Å². The standard InChI is InChI=1S/C24H22O7/c25-18-10-16(3-1-14-5-7-19(23(28)29)21(26)12-14)9-17(11-18)4-2-15-6-8-20(24(30)31)22(27)13-15/h5-13,25-27H,1-4H2,(H,28,29)(H,30,31). The van der Waals surface area contributed by atoms with E-state index in [2.05, 4.69) is 0 Å². The van der Waals surface area contributed by atoms with Crippen LogP contribution in [0.2, 0.25) is 0 Å². The molecule has 0 bridgehead atoms. The Balaban J connectivity index is 1.66. The SMILES string of the molecule is O=C(O)c1ccc(CCc2cc(O)cc(CCc3ccc(C(=O)O)c(O)c3)c2)cc1O. The van der Waals surface area contributed by atoms with Gasteiger partial charge in [0, 0.05) is 0 Å². The lowest BCUT2D eigenvalue weighted by Crippen LogP contribution is -1.99. The second kappa shape index (κ2) is 9.21. The van der Waals surface area contributed by atoms with E-state index in [1.807, 2.05) is 6.07 Å². The number of carboxylic acid groups (broad SMARTS) is 2. The van der Waals surface area contributed by atoms with Crippen molar-refractivity contribution in [1.82, 2.24) is 0 Å². The zero-order chi connectivity index (χ0) is 22.5. The Labute approximate surface area is 178 Å². The fourth-order valence-electron chi connectivity index (χ4n) is 3.44. The van der Waals surface area contributed by atoms with Crippen LogP contribution in [-0.4, -0.2) is 37.5 Å². The molecule has 0 heterocycles. The van der Waals surface area contributed by atoms with Gasteiger partial charge in [0.05, 0.1) is 0 Å². The fourth-order valence-corrected chi connectivity index (χ4v) is 3.44. The Morgan fingerprint density at radius 3 is 1.29 bits per heavy atom. The molecular formula is C24H22O7. The number of hydrogen-bond donors (Lipinski definition) is 5. The average molecular weight is 422 g/mol. The lowest BCUT2D eigenvalue weighted by Gasteiger charge is -2.09. The van der Waals surface area contributed by atoms with Crippen LogP contribution < -0.4 is 0 Å². The number of benzene rings is 3. The number of hydrogen-bond acceptors (Lipinski definition) is 5. The van der Waals surface area contributed by atoms with Crippen LogP contribution in [0.5, 0.6) is 17.2 Å². The maximum Gasteiger partial charge on any atom is 0.339 e. The molecule has 31 heavy (non-hydrogen) atoms. The summed E-state index contributed by atoms with van der Waals surface area (Å²) in [6.07, 6.45) is 2.28. The van der Waals surface area contributed by atoms with Crippen LogP contribution >= 0.6 is 0 Å². The van der Waals surface area contributed by atoms with Gasteiger partial charge in [-0.15, -0.1) is 0 Å². The zero-order valence-electron chi connectivity index (χ0n) is 16.6. The first-order chi connectivity index (χ1) is 14.7. The molecule has 3 rings (SSSR count). The van der Waals surface area contributed by atoms with Crippen LogP contribution in [-0.2, 0) is 25.7 Å². The summed E-state index contributed by atoms with van der Waals surface area (Å²) < 4.78 is 0. The van der Waals surface area contributed by atoms with Crippen molar-refractivity contribution in [2.24, 2.45) is 0 Å². The summed E-state index contributed by atoms with van der Waals surface area (Å²) in [4.78, 5) is 22.0. The van der Waals surface area contributed by atoms with Gasteiger partial charge in [-0.1, -0.05) is 18.2 Å². The first-order valence-corrected chi connectivity index (χ1v) is 9.65. The molecule has 3 aromatic rings. The molecule has 7 heteroatoms. The van der Waals surface area contributed by atoms with Crippen LogP contribution in [0.1, 0.15) is 43.0 Å². The first kappa shape index (κ1) is 21.7. The molecule has 0 aliphatic rings. The average Bonchev–Trinajstić information content (AvgIpc) is 2.70. The molecule has 0 radical (unpaired) electrons. The first-order valence-electron chi connectivity index (χ1n) is 9.65. The van der Waals surface area contributed by atoms with E-state index >= 15 is 0 Å². The highest BCUT2D eigenvalue weighted by atomic mass is 16.4. The summed E-state index contributed by atoms with van der Waals surface area (Å²) in [6, 6.07) is 14.2. The molecule has 160 valence electrons. The Kier molecular flexibility index (Phi) is 6.45. The van der Waals surface area contributed by atoms with E-state index < -0.39 is 11.9 Å². The molecule has 0 unspecified atom stereocenters. The van der Waals surface area contributed by atoms with Gasteiger partial charge in [-0.25, -0.2) is 9.59 Å². The Bertz CT molecular complexity index is 1050. The minimum atomic E-state index is -1.19. The van der Waals surface area contributed by atoms with Gasteiger partial charge in [0.25, 0.3) is 0 Å². The molecule has 0 aliphatic heterocycles. The number of carbonyl (C=O) groups is 2. The molecule has 0 spiro atoms. The van der Waals surface area contributed by atoms with E-state index in [1.54, 1.807) is 24.3 Å². The van der Waals surface area contributed by atoms with Crippen molar-refractivity contribution in [2.75, 3.05) is 0 Å². The smallest absolute Gasteiger partial charge is 0.339 e. The monoisotopic (exact) mass is 422 g/mol. The third-order valence-electron chi connectivity index (χ3n) is 5.03. The number of rotatable bonds is 8. The van der Waals surface area contributed by atoms with Crippen LogP contribution in [0, 0.1) is 0 Å². The second-order valence-electron chi connectivity index (χ2n) is 7.32. The van der Waals surface area contributed by atoms with E-state index in [-0.39, 0.29) is 28.4 Å². The highest BCUT2D eigenvalue weighted by Crippen LogP contribution is 2.23. The predicted molar refractivity (Wildman–Crippen MR) is 113 cm³/mol. The fraction of sp³-hybridized carbons (Fsp3) is 0.167. The second-order valence-corrected chi connectivity index (χ2v) is 7.32. The van der Waals surface area contributed by atoms with Crippen LogP contribution in [0.3, 0.4) is 0 Å². The van der Waals surface area contributed by atoms with Gasteiger partial charge in [0.15, 0.2) is 0 Å². The van der Waals surface area contributed by atoms with Crippen molar-refractivity contribution in [2.45, 2.75) is 25.7 Å². The van der Waals surface area contributed by atoms with Crippen LogP contribution in [0.25, 0.3) is 0 Å². The third kappa shape index (κ3) is 5.54. The summed E-state index contributed by atoms with van der Waals surface area (Å²) in [7, 11) is 0. The maximum atomic E-state index is 11.0. The highest BCUT2D eigenvalue weighted by molar-refractivity contribution is 5.91. The lowest BCUT2D eigenvalue weighted by atomic mass is 9.98. The van der Waals surface area contributed by atoms with E-state index in [9.17, 15) is 24.9 Å². The molecule has 0 amide bonds. The minimum absolute atomic E-state index is 0.126. The van der Waals surface area contributed by atoms with Gasteiger partial charge in [-0.3, -0.25) is 0 Å². The molecule has 3 aromatic carbocycles. The van der Waals surface area contributed by atoms with Gasteiger partial charge in [0.2, 0.25) is 0 Å². The van der Waals surface area contributed by atoms with Gasteiger partial charge in [0.1, 0.15) is 28.4 Å². The Morgan fingerprint density at radius 2 is 0.935 bits per heavy atom. The third-order valence-corrected chi connectivity index (χ3v) is 5.03. The summed E-state index contributed by atoms with van der Waals surface area (Å²) in [6.45, 7) is 0. The highest BCUT2D eigenvalue weighted by Gasteiger charge is 2.11. The Morgan fingerprint density at radius 1 is 0.548 bits per heavy atom. The molecule has 5 N–H and O–H groups in total. The van der Waals surface area contributed by atoms with Gasteiger partial charge < -0.3 is 25.5 Å². The molecule has 0 saturated heterocycles. The van der Waals surface area contributed by atoms with E-state index in [4.69, 9.17) is 10.2 Å². The number of phenolic OH excluding ortho intramolecular Hbond substituents is 1.